The number of aromatic carboxylic acids is 1. The summed E-state index contributed by atoms with van der Waals surface area (Å²) >= 11 is 3.23. The summed E-state index contributed by atoms with van der Waals surface area (Å²) in [6, 6.07) is 10.6. The lowest BCUT2D eigenvalue weighted by Gasteiger charge is -2.10. The smallest absolute Gasteiger partial charge is 0.336 e. The van der Waals surface area contributed by atoms with Gasteiger partial charge >= 0.3 is 5.97 Å². The van der Waals surface area contributed by atoms with E-state index in [0.717, 1.165) is 11.1 Å². The van der Waals surface area contributed by atoms with Gasteiger partial charge in [-0.15, -0.1) is 0 Å². The molecule has 0 heterocycles. The van der Waals surface area contributed by atoms with E-state index < -0.39 is 5.97 Å². The molecule has 0 amide bonds. The van der Waals surface area contributed by atoms with E-state index >= 15 is 0 Å². The highest BCUT2D eigenvalue weighted by Crippen LogP contribution is 2.31. The standard InChI is InChI=1S/C15H13BrO4/c1-19-11-5-10(6-12(8-11)20-2)9-3-4-14(16)13(7-9)15(17)18/h3-8H,1-2H3,(H,17,18). The van der Waals surface area contributed by atoms with Crippen molar-refractivity contribution in [2.24, 2.45) is 0 Å². The molecule has 104 valence electrons. The van der Waals surface area contributed by atoms with Gasteiger partial charge in [-0.3, -0.25) is 0 Å². The molecule has 1 N–H and O–H groups in total. The Morgan fingerprint density at radius 3 is 2.10 bits per heavy atom. The Hall–Kier alpha value is -2.01. The lowest BCUT2D eigenvalue weighted by molar-refractivity contribution is 0.0696. The Kier molecular flexibility index (Phi) is 4.29. The van der Waals surface area contributed by atoms with Crippen LogP contribution in [-0.2, 0) is 0 Å². The minimum atomic E-state index is -0.978. The molecule has 4 nitrogen and oxygen atoms in total. The molecular weight excluding hydrogens is 324 g/mol. The highest BCUT2D eigenvalue weighted by atomic mass is 79.9. The lowest BCUT2D eigenvalue weighted by atomic mass is 10.0. The predicted molar refractivity (Wildman–Crippen MR) is 79.6 cm³/mol. The number of hydrogen-bond donors (Lipinski definition) is 1. The fraction of sp³-hybridized carbons (Fsp3) is 0.133. The van der Waals surface area contributed by atoms with Gasteiger partial charge in [0.1, 0.15) is 11.5 Å². The molecule has 0 unspecified atom stereocenters. The number of halogens is 1. The summed E-state index contributed by atoms with van der Waals surface area (Å²) in [7, 11) is 3.14. The van der Waals surface area contributed by atoms with E-state index in [1.165, 1.54) is 0 Å². The predicted octanol–water partition coefficient (Wildman–Crippen LogP) is 3.83. The summed E-state index contributed by atoms with van der Waals surface area (Å²) in [6.45, 7) is 0. The summed E-state index contributed by atoms with van der Waals surface area (Å²) in [5.74, 6) is 0.326. The number of rotatable bonds is 4. The van der Waals surface area contributed by atoms with Crippen molar-refractivity contribution in [1.29, 1.82) is 0 Å². The molecule has 0 aliphatic rings. The van der Waals surface area contributed by atoms with Crippen molar-refractivity contribution in [3.05, 3.63) is 46.4 Å². The van der Waals surface area contributed by atoms with Crippen LogP contribution in [0.5, 0.6) is 11.5 Å². The van der Waals surface area contributed by atoms with E-state index in [-0.39, 0.29) is 5.56 Å². The van der Waals surface area contributed by atoms with Crippen LogP contribution in [0.4, 0.5) is 0 Å². The Bertz CT molecular complexity index is 630. The van der Waals surface area contributed by atoms with E-state index in [4.69, 9.17) is 14.6 Å². The summed E-state index contributed by atoms with van der Waals surface area (Å²) in [5.41, 5.74) is 1.82. The van der Waals surface area contributed by atoms with Crippen LogP contribution in [0.3, 0.4) is 0 Å². The second kappa shape index (κ2) is 5.96. The first-order chi connectivity index (χ1) is 9.55. The Morgan fingerprint density at radius 1 is 1.00 bits per heavy atom. The zero-order valence-electron chi connectivity index (χ0n) is 11.0. The van der Waals surface area contributed by atoms with Gasteiger partial charge in [0.05, 0.1) is 19.8 Å². The minimum absolute atomic E-state index is 0.212. The quantitative estimate of drug-likeness (QED) is 0.921. The number of carboxylic acids is 1. The Morgan fingerprint density at radius 2 is 1.60 bits per heavy atom. The van der Waals surface area contributed by atoms with Gasteiger partial charge in [-0.25, -0.2) is 4.79 Å². The second-order valence-corrected chi connectivity index (χ2v) is 4.96. The van der Waals surface area contributed by atoms with Crippen LogP contribution < -0.4 is 9.47 Å². The fourth-order valence-corrected chi connectivity index (χ4v) is 2.26. The van der Waals surface area contributed by atoms with Crippen LogP contribution >= 0.6 is 15.9 Å². The monoisotopic (exact) mass is 336 g/mol. The SMILES string of the molecule is COc1cc(OC)cc(-c2ccc(Br)c(C(=O)O)c2)c1. The summed E-state index contributed by atoms with van der Waals surface area (Å²) in [4.78, 5) is 11.2. The first kappa shape index (κ1) is 14.4. The zero-order chi connectivity index (χ0) is 14.7. The Balaban J connectivity index is 2.56. The molecule has 0 radical (unpaired) electrons. The topological polar surface area (TPSA) is 55.8 Å². The zero-order valence-corrected chi connectivity index (χ0v) is 12.6. The minimum Gasteiger partial charge on any atom is -0.497 e. The van der Waals surface area contributed by atoms with Gasteiger partial charge in [0.2, 0.25) is 0 Å². The third kappa shape index (κ3) is 2.93. The molecule has 0 atom stereocenters. The van der Waals surface area contributed by atoms with Crippen LogP contribution in [0.2, 0.25) is 0 Å². The van der Waals surface area contributed by atoms with Crippen molar-refractivity contribution >= 4 is 21.9 Å². The molecule has 0 saturated heterocycles. The van der Waals surface area contributed by atoms with Gasteiger partial charge < -0.3 is 14.6 Å². The highest BCUT2D eigenvalue weighted by molar-refractivity contribution is 9.10. The third-order valence-corrected chi connectivity index (χ3v) is 3.57. The fourth-order valence-electron chi connectivity index (χ4n) is 1.84. The molecule has 0 bridgehead atoms. The molecule has 0 aromatic heterocycles. The van der Waals surface area contributed by atoms with Crippen molar-refractivity contribution in [2.45, 2.75) is 0 Å². The summed E-state index contributed by atoms with van der Waals surface area (Å²) in [5, 5.41) is 9.16. The largest absolute Gasteiger partial charge is 0.497 e. The van der Waals surface area contributed by atoms with Gasteiger partial charge in [0.25, 0.3) is 0 Å². The maximum absolute atomic E-state index is 11.2. The van der Waals surface area contributed by atoms with E-state index in [1.54, 1.807) is 32.4 Å². The maximum atomic E-state index is 11.2. The summed E-state index contributed by atoms with van der Waals surface area (Å²) in [6.07, 6.45) is 0. The number of methoxy groups -OCH3 is 2. The average Bonchev–Trinajstić information content (AvgIpc) is 2.46. The number of hydrogen-bond acceptors (Lipinski definition) is 3. The van der Waals surface area contributed by atoms with Gasteiger partial charge in [-0.2, -0.15) is 0 Å². The molecule has 5 heteroatoms. The van der Waals surface area contributed by atoms with Gasteiger partial charge in [-0.05, 0) is 51.3 Å². The first-order valence-corrected chi connectivity index (χ1v) is 6.60. The second-order valence-electron chi connectivity index (χ2n) is 4.10. The molecule has 2 aromatic carbocycles. The van der Waals surface area contributed by atoms with E-state index in [9.17, 15) is 4.79 Å². The van der Waals surface area contributed by atoms with E-state index in [1.807, 2.05) is 18.2 Å². The van der Waals surface area contributed by atoms with Crippen LogP contribution in [-0.4, -0.2) is 25.3 Å². The molecule has 20 heavy (non-hydrogen) atoms. The van der Waals surface area contributed by atoms with Crippen molar-refractivity contribution in [2.75, 3.05) is 14.2 Å². The van der Waals surface area contributed by atoms with Gasteiger partial charge in [0, 0.05) is 10.5 Å². The summed E-state index contributed by atoms with van der Waals surface area (Å²) < 4.78 is 11.0. The number of carbonyl (C=O) groups is 1. The lowest BCUT2D eigenvalue weighted by Crippen LogP contribution is -1.98. The van der Waals surface area contributed by atoms with Crippen LogP contribution in [0.15, 0.2) is 40.9 Å². The van der Waals surface area contributed by atoms with Crippen molar-refractivity contribution < 1.29 is 19.4 Å². The van der Waals surface area contributed by atoms with Crippen LogP contribution in [0.1, 0.15) is 10.4 Å². The Labute approximate surface area is 125 Å². The normalized spacial score (nSPS) is 10.2. The number of ether oxygens (including phenoxy) is 2. The molecule has 0 spiro atoms. The maximum Gasteiger partial charge on any atom is 0.336 e. The average molecular weight is 337 g/mol. The molecule has 0 fully saturated rings. The van der Waals surface area contributed by atoms with Crippen LogP contribution in [0, 0.1) is 0 Å². The molecular formula is C15H13BrO4. The van der Waals surface area contributed by atoms with Gasteiger partial charge in [-0.1, -0.05) is 6.07 Å². The highest BCUT2D eigenvalue weighted by Gasteiger charge is 2.11. The number of carboxylic acid groups (broad SMARTS) is 1. The van der Waals surface area contributed by atoms with Gasteiger partial charge in [0.15, 0.2) is 0 Å². The number of benzene rings is 2. The van der Waals surface area contributed by atoms with E-state index in [0.29, 0.717) is 16.0 Å². The molecule has 2 aromatic rings. The van der Waals surface area contributed by atoms with E-state index in [2.05, 4.69) is 15.9 Å². The molecule has 0 aliphatic heterocycles. The molecule has 0 saturated carbocycles. The molecule has 2 rings (SSSR count). The van der Waals surface area contributed by atoms with Crippen LogP contribution in [0.25, 0.3) is 11.1 Å². The molecule has 0 aliphatic carbocycles. The van der Waals surface area contributed by atoms with Crippen molar-refractivity contribution in [3.8, 4) is 22.6 Å². The van der Waals surface area contributed by atoms with Crippen molar-refractivity contribution in [3.63, 3.8) is 0 Å². The van der Waals surface area contributed by atoms with Crippen molar-refractivity contribution in [1.82, 2.24) is 0 Å². The first-order valence-electron chi connectivity index (χ1n) is 5.81. The third-order valence-electron chi connectivity index (χ3n) is 2.88.